The van der Waals surface area contributed by atoms with Crippen molar-refractivity contribution in [2.24, 2.45) is 11.8 Å². The fourth-order valence-electron chi connectivity index (χ4n) is 4.97. The van der Waals surface area contributed by atoms with E-state index in [0.717, 1.165) is 5.56 Å². The van der Waals surface area contributed by atoms with E-state index in [0.29, 0.717) is 5.75 Å². The minimum atomic E-state index is -1.78. The van der Waals surface area contributed by atoms with Crippen LogP contribution in [0, 0.1) is 11.8 Å². The van der Waals surface area contributed by atoms with Crippen molar-refractivity contribution in [2.45, 2.75) is 55.1 Å². The highest BCUT2D eigenvalue weighted by atomic mass is 16.8. The first-order valence-corrected chi connectivity index (χ1v) is 11.8. The second kappa shape index (κ2) is 11.5. The minimum Gasteiger partial charge on any atom is -0.497 e. The molecule has 0 bridgehead atoms. The first-order chi connectivity index (χ1) is 17.7. The molecule has 1 aliphatic carbocycles. The highest BCUT2D eigenvalue weighted by Crippen LogP contribution is 2.48. The minimum absolute atomic E-state index is 0.122. The number of aliphatic hydroxyl groups excluding tert-OH is 5. The molecule has 10 atom stereocenters. The van der Waals surface area contributed by atoms with Crippen LogP contribution in [-0.2, 0) is 23.7 Å². The monoisotopic (exact) mass is 524 g/mol. The van der Waals surface area contributed by atoms with Crippen LogP contribution in [0.4, 0.5) is 0 Å². The Morgan fingerprint density at radius 3 is 2.49 bits per heavy atom. The quantitative estimate of drug-likeness (QED) is 0.174. The maximum Gasteiger partial charge on any atom is 0.331 e. The van der Waals surface area contributed by atoms with Gasteiger partial charge in [-0.1, -0.05) is 12.1 Å². The third-order valence-corrected chi connectivity index (χ3v) is 7.01. The second-order valence-electron chi connectivity index (χ2n) is 9.32. The van der Waals surface area contributed by atoms with Crippen LogP contribution in [0.25, 0.3) is 6.08 Å². The average molecular weight is 525 g/mol. The van der Waals surface area contributed by atoms with Gasteiger partial charge in [0.25, 0.3) is 0 Å². The summed E-state index contributed by atoms with van der Waals surface area (Å²) in [4.78, 5) is 12.6. The number of esters is 1. The predicted molar refractivity (Wildman–Crippen MR) is 124 cm³/mol. The molecule has 1 aromatic carbocycles. The molecule has 204 valence electrons. The molecule has 0 radical (unpaired) electrons. The summed E-state index contributed by atoms with van der Waals surface area (Å²) < 4.78 is 27.3. The molecule has 4 rings (SSSR count). The molecule has 2 heterocycles. The number of methoxy groups -OCH3 is 1. The van der Waals surface area contributed by atoms with E-state index in [1.54, 1.807) is 43.5 Å². The van der Waals surface area contributed by atoms with Crippen molar-refractivity contribution in [1.82, 2.24) is 0 Å². The van der Waals surface area contributed by atoms with Gasteiger partial charge in [-0.25, -0.2) is 4.79 Å². The molecular formula is C25H32O12. The van der Waals surface area contributed by atoms with Crippen molar-refractivity contribution in [1.29, 1.82) is 0 Å². The number of carbonyl (C=O) groups excluding carboxylic acids is 1. The van der Waals surface area contributed by atoms with Gasteiger partial charge in [0.05, 0.1) is 32.5 Å². The summed E-state index contributed by atoms with van der Waals surface area (Å²) in [6.45, 7) is -1.35. The largest absolute Gasteiger partial charge is 0.497 e. The van der Waals surface area contributed by atoms with Crippen molar-refractivity contribution in [3.05, 3.63) is 48.2 Å². The Morgan fingerprint density at radius 2 is 1.84 bits per heavy atom. The van der Waals surface area contributed by atoms with Gasteiger partial charge in [0.2, 0.25) is 6.29 Å². The van der Waals surface area contributed by atoms with Gasteiger partial charge >= 0.3 is 5.97 Å². The van der Waals surface area contributed by atoms with Crippen LogP contribution in [0.15, 0.2) is 42.7 Å². The molecule has 12 heteroatoms. The number of fused-ring (bicyclic) bond motifs is 1. The molecule has 0 unspecified atom stereocenters. The van der Waals surface area contributed by atoms with Crippen LogP contribution in [0.1, 0.15) is 12.0 Å². The van der Waals surface area contributed by atoms with Gasteiger partial charge in [0, 0.05) is 18.4 Å². The number of benzene rings is 1. The van der Waals surface area contributed by atoms with Gasteiger partial charge in [-0.15, -0.1) is 0 Å². The lowest BCUT2D eigenvalue weighted by Gasteiger charge is -2.43. The molecule has 6 N–H and O–H groups in total. The zero-order chi connectivity index (χ0) is 26.7. The van der Waals surface area contributed by atoms with E-state index in [-0.39, 0.29) is 6.42 Å². The van der Waals surface area contributed by atoms with E-state index in [9.17, 15) is 35.4 Å². The molecule has 37 heavy (non-hydrogen) atoms. The van der Waals surface area contributed by atoms with Crippen LogP contribution < -0.4 is 4.74 Å². The topological polar surface area (TPSA) is 185 Å². The normalized spacial score (nSPS) is 39.3. The Bertz CT molecular complexity index is 978. The van der Waals surface area contributed by atoms with E-state index in [1.807, 2.05) is 0 Å². The smallest absolute Gasteiger partial charge is 0.331 e. The van der Waals surface area contributed by atoms with E-state index < -0.39 is 79.7 Å². The molecular weight excluding hydrogens is 492 g/mol. The third-order valence-electron chi connectivity index (χ3n) is 7.01. The van der Waals surface area contributed by atoms with Gasteiger partial charge in [0.1, 0.15) is 41.9 Å². The average Bonchev–Trinajstić information content (AvgIpc) is 3.20. The number of rotatable bonds is 8. The Morgan fingerprint density at radius 1 is 1.11 bits per heavy atom. The van der Waals surface area contributed by atoms with Gasteiger partial charge in [-0.2, -0.15) is 0 Å². The number of hydrogen-bond acceptors (Lipinski definition) is 12. The number of hydrogen-bond donors (Lipinski definition) is 6. The Kier molecular flexibility index (Phi) is 8.51. The van der Waals surface area contributed by atoms with E-state index in [4.69, 9.17) is 23.7 Å². The molecule has 12 nitrogen and oxygen atoms in total. The molecule has 0 aromatic heterocycles. The lowest BCUT2D eigenvalue weighted by molar-refractivity contribution is -0.347. The zero-order valence-corrected chi connectivity index (χ0v) is 20.1. The van der Waals surface area contributed by atoms with Crippen molar-refractivity contribution in [3.8, 4) is 5.75 Å². The number of ether oxygens (including phenoxy) is 5. The maximum absolute atomic E-state index is 12.6. The van der Waals surface area contributed by atoms with E-state index in [2.05, 4.69) is 0 Å². The highest BCUT2D eigenvalue weighted by Gasteiger charge is 2.59. The predicted octanol–water partition coefficient (Wildman–Crippen LogP) is -1.33. The van der Waals surface area contributed by atoms with Crippen molar-refractivity contribution in [2.75, 3.05) is 20.3 Å². The summed E-state index contributed by atoms with van der Waals surface area (Å²) >= 11 is 0. The van der Waals surface area contributed by atoms with E-state index in [1.165, 1.54) is 12.3 Å². The summed E-state index contributed by atoms with van der Waals surface area (Å²) in [7, 11) is 1.55. The standard InChI is InChI=1S/C25H32O12/c1-33-14-5-2-13(3-6-14)4-7-18(28)35-16-10-25(32,12-27)19-15(16)8-9-34-23(19)37-24-22(31)21(30)20(29)17(11-26)36-24/h2-9,15-17,19-24,26-27,29-32H,10-12H2,1H3/b7-4+/t15-,16+,17+,19+,20+,21-,22+,23-,24-,25+/m0/s1. The van der Waals surface area contributed by atoms with Crippen LogP contribution in [0.5, 0.6) is 5.75 Å². The van der Waals surface area contributed by atoms with Gasteiger partial charge < -0.3 is 54.3 Å². The summed E-state index contributed by atoms with van der Waals surface area (Å²) in [6.07, 6.45) is -4.22. The molecule has 3 aliphatic rings. The SMILES string of the molecule is COc1ccc(/C=C/C(=O)O[C@@H]2C[C@@](O)(CO)[C@H]3[C@H](O[C@@H]4O[C@H](CO)[C@@H](O)[C@H](O)[C@H]4O)OC=C[C@H]32)cc1. The second-order valence-corrected chi connectivity index (χ2v) is 9.32. The highest BCUT2D eigenvalue weighted by molar-refractivity contribution is 5.87. The summed E-state index contributed by atoms with van der Waals surface area (Å²) in [6, 6.07) is 7.02. The van der Waals surface area contributed by atoms with Gasteiger partial charge in [-0.05, 0) is 29.8 Å². The molecule has 2 fully saturated rings. The lowest BCUT2D eigenvalue weighted by Crippen LogP contribution is -2.61. The van der Waals surface area contributed by atoms with E-state index >= 15 is 0 Å². The van der Waals surface area contributed by atoms with Crippen molar-refractivity contribution < 1.29 is 59.1 Å². The molecule has 0 amide bonds. The third kappa shape index (κ3) is 5.66. The van der Waals surface area contributed by atoms with Crippen LogP contribution in [-0.4, -0.2) is 106 Å². The molecule has 1 aromatic rings. The molecule has 0 spiro atoms. The first-order valence-electron chi connectivity index (χ1n) is 11.8. The first kappa shape index (κ1) is 27.5. The van der Waals surface area contributed by atoms with Crippen LogP contribution >= 0.6 is 0 Å². The van der Waals surface area contributed by atoms with Crippen LogP contribution in [0.3, 0.4) is 0 Å². The Hall–Kier alpha value is -2.55. The zero-order valence-electron chi connectivity index (χ0n) is 20.1. The number of carbonyl (C=O) groups is 1. The Labute approximate surface area is 212 Å². The Balaban J connectivity index is 1.46. The summed E-state index contributed by atoms with van der Waals surface area (Å²) in [5, 5.41) is 61.0. The molecule has 2 aliphatic heterocycles. The van der Waals surface area contributed by atoms with Crippen molar-refractivity contribution in [3.63, 3.8) is 0 Å². The summed E-state index contributed by atoms with van der Waals surface area (Å²) in [5.41, 5.74) is -1.04. The molecule has 1 saturated heterocycles. The lowest BCUT2D eigenvalue weighted by atomic mass is 9.84. The van der Waals surface area contributed by atoms with Crippen molar-refractivity contribution >= 4 is 12.0 Å². The van der Waals surface area contributed by atoms with Gasteiger partial charge in [0.15, 0.2) is 6.29 Å². The maximum atomic E-state index is 12.6. The fourth-order valence-corrected chi connectivity index (χ4v) is 4.97. The number of aliphatic hydroxyl groups is 6. The molecule has 1 saturated carbocycles. The van der Waals surface area contributed by atoms with Crippen LogP contribution in [0.2, 0.25) is 0 Å². The fraction of sp³-hybridized carbons (Fsp3) is 0.560. The summed E-state index contributed by atoms with van der Waals surface area (Å²) in [5.74, 6) is -1.56. The van der Waals surface area contributed by atoms with Gasteiger partial charge in [-0.3, -0.25) is 0 Å².